The number of nitrogens with one attached hydrogen (secondary N) is 1. The minimum absolute atomic E-state index is 0.00155. The second-order valence-corrected chi connectivity index (χ2v) is 11.0. The molecule has 2 amide bonds. The zero-order valence-corrected chi connectivity index (χ0v) is 23.4. The summed E-state index contributed by atoms with van der Waals surface area (Å²) in [4.78, 5) is 32.8. The van der Waals surface area contributed by atoms with Gasteiger partial charge in [0.15, 0.2) is 0 Å². The number of benzene rings is 1. The monoisotopic (exact) mass is 518 g/mol. The van der Waals surface area contributed by atoms with E-state index in [0.29, 0.717) is 13.1 Å². The van der Waals surface area contributed by atoms with Crippen LogP contribution in [0.5, 0.6) is 0 Å². The van der Waals surface area contributed by atoms with E-state index in [1.165, 1.54) is 0 Å². The van der Waals surface area contributed by atoms with E-state index in [-0.39, 0.29) is 24.1 Å². The number of anilines is 2. The Bertz CT molecular complexity index is 1310. The molecule has 0 aliphatic carbocycles. The molecular weight excluding hydrogens is 480 g/mol. The molecule has 9 nitrogen and oxygen atoms in total. The average Bonchev–Trinajstić information content (AvgIpc) is 3.31. The second kappa shape index (κ2) is 10.8. The maximum absolute atomic E-state index is 12.5. The summed E-state index contributed by atoms with van der Waals surface area (Å²) in [6.45, 7) is 12.3. The summed E-state index contributed by atoms with van der Waals surface area (Å²) in [5, 5.41) is 8.13. The second-order valence-electron chi connectivity index (χ2n) is 11.0. The normalized spacial score (nSPS) is 17.1. The van der Waals surface area contributed by atoms with Crippen molar-refractivity contribution in [2.45, 2.75) is 72.2 Å². The summed E-state index contributed by atoms with van der Waals surface area (Å²) in [5.74, 6) is 0.875. The van der Waals surface area contributed by atoms with Crippen molar-refractivity contribution in [2.75, 3.05) is 23.8 Å². The third-order valence-corrected chi connectivity index (χ3v) is 6.68. The highest BCUT2D eigenvalue weighted by Crippen LogP contribution is 2.41. The smallest absolute Gasteiger partial charge is 0.410 e. The molecule has 202 valence electrons. The van der Waals surface area contributed by atoms with Crippen LogP contribution in [0.4, 0.5) is 16.3 Å². The fraction of sp³-hybridized carbons (Fsp3) is 0.448. The lowest BCUT2D eigenvalue weighted by Crippen LogP contribution is -2.43. The Morgan fingerprint density at radius 1 is 1.21 bits per heavy atom. The molecule has 2 unspecified atom stereocenters. The van der Waals surface area contributed by atoms with Crippen LogP contribution in [-0.2, 0) is 16.1 Å². The number of amides is 2. The maximum Gasteiger partial charge on any atom is 0.410 e. The predicted molar refractivity (Wildman–Crippen MR) is 149 cm³/mol. The Hall–Kier alpha value is -3.88. The minimum atomic E-state index is -0.533. The summed E-state index contributed by atoms with van der Waals surface area (Å²) in [6.07, 6.45) is 6.00. The number of aryl methyl sites for hydroxylation is 1. The van der Waals surface area contributed by atoms with Crippen LogP contribution in [0.3, 0.4) is 0 Å². The van der Waals surface area contributed by atoms with E-state index in [1.807, 2.05) is 73.9 Å². The van der Waals surface area contributed by atoms with Crippen LogP contribution in [0.25, 0.3) is 11.1 Å². The van der Waals surface area contributed by atoms with E-state index in [4.69, 9.17) is 4.74 Å². The van der Waals surface area contributed by atoms with Gasteiger partial charge in [0, 0.05) is 50.2 Å². The van der Waals surface area contributed by atoms with Gasteiger partial charge in [0.2, 0.25) is 5.91 Å². The molecule has 3 heterocycles. The SMILES string of the molecule is CC(=O)N1c2ccc(-c3cnn(CCN(C)C(=O)OC(C)(C)C)c3)cc2C(Nc2ncccc2C)CC1C. The van der Waals surface area contributed by atoms with Crippen molar-refractivity contribution in [3.8, 4) is 11.1 Å². The molecule has 4 rings (SSSR count). The van der Waals surface area contributed by atoms with Crippen LogP contribution >= 0.6 is 0 Å². The van der Waals surface area contributed by atoms with Crippen LogP contribution < -0.4 is 10.2 Å². The van der Waals surface area contributed by atoms with Gasteiger partial charge in [-0.25, -0.2) is 9.78 Å². The van der Waals surface area contributed by atoms with Crippen LogP contribution in [0.15, 0.2) is 48.9 Å². The number of ether oxygens (including phenoxy) is 1. The minimum Gasteiger partial charge on any atom is -0.444 e. The number of rotatable bonds is 6. The van der Waals surface area contributed by atoms with E-state index in [1.54, 1.807) is 25.1 Å². The largest absolute Gasteiger partial charge is 0.444 e. The number of pyridine rings is 1. The van der Waals surface area contributed by atoms with Crippen LogP contribution in [0.1, 0.15) is 58.2 Å². The Balaban J connectivity index is 1.57. The molecule has 0 saturated carbocycles. The van der Waals surface area contributed by atoms with Gasteiger partial charge in [-0.05, 0) is 75.9 Å². The summed E-state index contributed by atoms with van der Waals surface area (Å²) < 4.78 is 7.25. The lowest BCUT2D eigenvalue weighted by atomic mass is 9.89. The summed E-state index contributed by atoms with van der Waals surface area (Å²) in [5.41, 5.74) is 4.49. The molecule has 0 radical (unpaired) electrons. The molecule has 1 N–H and O–H groups in total. The zero-order valence-electron chi connectivity index (χ0n) is 23.4. The van der Waals surface area contributed by atoms with Gasteiger partial charge in [-0.3, -0.25) is 9.48 Å². The van der Waals surface area contributed by atoms with Crippen LogP contribution in [0.2, 0.25) is 0 Å². The number of nitrogens with zero attached hydrogens (tertiary/aromatic N) is 5. The van der Waals surface area contributed by atoms with E-state index in [0.717, 1.165) is 40.2 Å². The van der Waals surface area contributed by atoms with Crippen molar-refractivity contribution in [1.82, 2.24) is 19.7 Å². The maximum atomic E-state index is 12.5. The molecule has 3 aromatic rings. The first-order valence-electron chi connectivity index (χ1n) is 13.0. The molecule has 0 saturated heterocycles. The van der Waals surface area contributed by atoms with Crippen LogP contribution in [0, 0.1) is 6.92 Å². The number of hydrogen-bond acceptors (Lipinski definition) is 6. The van der Waals surface area contributed by atoms with E-state index >= 15 is 0 Å². The van der Waals surface area contributed by atoms with E-state index < -0.39 is 5.60 Å². The first kappa shape index (κ1) is 27.2. The molecule has 0 bridgehead atoms. The highest BCUT2D eigenvalue weighted by molar-refractivity contribution is 5.94. The van der Waals surface area contributed by atoms with Gasteiger partial charge in [-0.1, -0.05) is 12.1 Å². The predicted octanol–water partition coefficient (Wildman–Crippen LogP) is 5.42. The number of likely N-dealkylation sites (N-methyl/N-ethyl adjacent to an activating group) is 1. The van der Waals surface area contributed by atoms with Crippen molar-refractivity contribution >= 4 is 23.5 Å². The molecule has 1 aromatic carbocycles. The standard InChI is InChI=1S/C29H38N6O3/c1-19-9-8-12-30-27(19)32-25-15-20(2)35(21(3)36)26-11-10-22(16-24(25)26)23-17-31-34(18-23)14-13-33(7)28(37)38-29(4,5)6/h8-12,16-18,20,25H,13-15H2,1-7H3,(H,30,32). The molecule has 1 aliphatic rings. The van der Waals surface area contributed by atoms with E-state index in [9.17, 15) is 9.59 Å². The average molecular weight is 519 g/mol. The topological polar surface area (TPSA) is 92.6 Å². The molecule has 1 aliphatic heterocycles. The number of fused-ring (bicyclic) bond motifs is 1. The molecule has 9 heteroatoms. The van der Waals surface area contributed by atoms with Crippen molar-refractivity contribution < 1.29 is 14.3 Å². The molecule has 2 atom stereocenters. The fourth-order valence-corrected chi connectivity index (χ4v) is 4.78. The summed E-state index contributed by atoms with van der Waals surface area (Å²) >= 11 is 0. The zero-order chi connectivity index (χ0) is 27.6. The molecule has 0 spiro atoms. The Labute approximate surface area is 224 Å². The summed E-state index contributed by atoms with van der Waals surface area (Å²) in [7, 11) is 1.72. The number of carbonyl (C=O) groups excluding carboxylic acids is 2. The van der Waals surface area contributed by atoms with Crippen molar-refractivity contribution in [3.63, 3.8) is 0 Å². The Morgan fingerprint density at radius 2 is 1.97 bits per heavy atom. The highest BCUT2D eigenvalue weighted by atomic mass is 16.6. The fourth-order valence-electron chi connectivity index (χ4n) is 4.78. The quantitative estimate of drug-likeness (QED) is 0.469. The molecule has 2 aromatic heterocycles. The van der Waals surface area contributed by atoms with Gasteiger partial charge in [0.05, 0.1) is 18.8 Å². The number of aromatic nitrogens is 3. The van der Waals surface area contributed by atoms with Gasteiger partial charge in [0.25, 0.3) is 0 Å². The van der Waals surface area contributed by atoms with E-state index in [2.05, 4.69) is 28.4 Å². The Kier molecular flexibility index (Phi) is 7.76. The molecule has 0 fully saturated rings. The first-order chi connectivity index (χ1) is 17.9. The molecule has 38 heavy (non-hydrogen) atoms. The highest BCUT2D eigenvalue weighted by Gasteiger charge is 2.33. The van der Waals surface area contributed by atoms with Gasteiger partial charge in [-0.15, -0.1) is 0 Å². The van der Waals surface area contributed by atoms with Crippen LogP contribution in [-0.4, -0.2) is 56.9 Å². The third kappa shape index (κ3) is 6.15. The van der Waals surface area contributed by atoms with Gasteiger partial charge in [-0.2, -0.15) is 5.10 Å². The number of hydrogen-bond donors (Lipinski definition) is 1. The molecular formula is C29H38N6O3. The van der Waals surface area contributed by atoms with Crippen molar-refractivity contribution in [2.24, 2.45) is 0 Å². The van der Waals surface area contributed by atoms with Gasteiger partial charge < -0.3 is 19.9 Å². The lowest BCUT2D eigenvalue weighted by Gasteiger charge is -2.39. The third-order valence-electron chi connectivity index (χ3n) is 6.68. The summed E-state index contributed by atoms with van der Waals surface area (Å²) in [6, 6.07) is 10.2. The van der Waals surface area contributed by atoms with Gasteiger partial charge >= 0.3 is 6.09 Å². The van der Waals surface area contributed by atoms with Crippen molar-refractivity contribution in [3.05, 3.63) is 60.0 Å². The number of carbonyl (C=O) groups is 2. The first-order valence-corrected chi connectivity index (χ1v) is 13.0. The Morgan fingerprint density at radius 3 is 2.66 bits per heavy atom. The lowest BCUT2D eigenvalue weighted by molar-refractivity contribution is -0.117. The van der Waals surface area contributed by atoms with Gasteiger partial charge in [0.1, 0.15) is 11.4 Å². The van der Waals surface area contributed by atoms with Crippen molar-refractivity contribution in [1.29, 1.82) is 0 Å².